The normalized spacial score (nSPS) is 10.2. The molecule has 0 radical (unpaired) electrons. The standard InChI is InChI=1S/C14H14N2O3S/c1-8-11(15)6-12(20-8)14(18)19-7-9-2-4-10(5-3-9)13(16)17/h2-6H,7,15H2,1H3,(H2,16,17). The zero-order chi connectivity index (χ0) is 14.7. The van der Waals surface area contributed by atoms with Crippen LogP contribution in [0.3, 0.4) is 0 Å². The van der Waals surface area contributed by atoms with Gasteiger partial charge in [-0.15, -0.1) is 11.3 Å². The Bertz CT molecular complexity index is 627. The van der Waals surface area contributed by atoms with Crippen molar-refractivity contribution in [2.24, 2.45) is 5.73 Å². The van der Waals surface area contributed by atoms with Crippen molar-refractivity contribution >= 4 is 28.9 Å². The zero-order valence-electron chi connectivity index (χ0n) is 10.9. The van der Waals surface area contributed by atoms with Crippen molar-refractivity contribution in [2.45, 2.75) is 13.5 Å². The summed E-state index contributed by atoms with van der Waals surface area (Å²) in [5.41, 5.74) is 12.6. The molecule has 2 rings (SSSR count). The Kier molecular flexibility index (Phi) is 4.05. The molecule has 4 N–H and O–H groups in total. The van der Waals surface area contributed by atoms with Gasteiger partial charge >= 0.3 is 5.97 Å². The number of nitrogen functional groups attached to an aromatic ring is 1. The first-order valence-electron chi connectivity index (χ1n) is 5.89. The highest BCUT2D eigenvalue weighted by molar-refractivity contribution is 7.14. The minimum Gasteiger partial charge on any atom is -0.457 e. The number of ether oxygens (including phenoxy) is 1. The lowest BCUT2D eigenvalue weighted by atomic mass is 10.1. The second-order valence-electron chi connectivity index (χ2n) is 4.26. The second-order valence-corrected chi connectivity index (χ2v) is 5.52. The van der Waals surface area contributed by atoms with Gasteiger partial charge in [0.2, 0.25) is 5.91 Å². The molecule has 0 unspecified atom stereocenters. The van der Waals surface area contributed by atoms with Gasteiger partial charge in [-0.2, -0.15) is 0 Å². The molecule has 0 bridgehead atoms. The van der Waals surface area contributed by atoms with E-state index in [1.54, 1.807) is 30.3 Å². The van der Waals surface area contributed by atoms with Crippen LogP contribution in [-0.4, -0.2) is 11.9 Å². The van der Waals surface area contributed by atoms with Gasteiger partial charge in [0.05, 0.1) is 0 Å². The van der Waals surface area contributed by atoms with Gasteiger partial charge in [-0.1, -0.05) is 12.1 Å². The molecule has 0 atom stereocenters. The molecule has 1 amide bonds. The molecule has 0 aliphatic rings. The molecule has 0 aliphatic carbocycles. The summed E-state index contributed by atoms with van der Waals surface area (Å²) in [5, 5.41) is 0. The summed E-state index contributed by atoms with van der Waals surface area (Å²) in [5.74, 6) is -0.896. The van der Waals surface area contributed by atoms with Crippen LogP contribution < -0.4 is 11.5 Å². The van der Waals surface area contributed by atoms with Crippen LogP contribution in [0.25, 0.3) is 0 Å². The number of carbonyl (C=O) groups is 2. The Morgan fingerprint density at radius 2 is 1.90 bits per heavy atom. The van der Waals surface area contributed by atoms with E-state index in [0.29, 0.717) is 16.1 Å². The maximum Gasteiger partial charge on any atom is 0.348 e. The van der Waals surface area contributed by atoms with Crippen molar-refractivity contribution in [3.05, 3.63) is 51.2 Å². The average Bonchev–Trinajstić information content (AvgIpc) is 2.76. The van der Waals surface area contributed by atoms with Gasteiger partial charge in [-0.3, -0.25) is 4.79 Å². The summed E-state index contributed by atoms with van der Waals surface area (Å²) in [4.78, 5) is 24.1. The van der Waals surface area contributed by atoms with Crippen LogP contribution in [0, 0.1) is 6.92 Å². The summed E-state index contributed by atoms with van der Waals surface area (Å²) < 4.78 is 5.18. The predicted octanol–water partition coefficient (Wildman–Crippen LogP) is 2.09. The number of thiophene rings is 1. The van der Waals surface area contributed by atoms with E-state index in [2.05, 4.69) is 0 Å². The summed E-state index contributed by atoms with van der Waals surface area (Å²) >= 11 is 1.30. The molecule has 6 heteroatoms. The fraction of sp³-hybridized carbons (Fsp3) is 0.143. The molecule has 5 nitrogen and oxygen atoms in total. The fourth-order valence-corrected chi connectivity index (χ4v) is 2.42. The first kappa shape index (κ1) is 14.1. The number of aryl methyl sites for hydroxylation is 1. The Hall–Kier alpha value is -2.34. The van der Waals surface area contributed by atoms with Gasteiger partial charge in [-0.25, -0.2) is 4.79 Å². The van der Waals surface area contributed by atoms with Crippen molar-refractivity contribution in [3.8, 4) is 0 Å². The molecule has 0 saturated heterocycles. The summed E-state index contributed by atoms with van der Waals surface area (Å²) in [6, 6.07) is 8.19. The minimum atomic E-state index is -0.488. The van der Waals surface area contributed by atoms with Crippen LogP contribution in [-0.2, 0) is 11.3 Å². The van der Waals surface area contributed by atoms with Crippen LogP contribution in [0.4, 0.5) is 5.69 Å². The molecule has 1 heterocycles. The third-order valence-corrected chi connectivity index (χ3v) is 3.81. The number of rotatable bonds is 4. The van der Waals surface area contributed by atoms with Crippen LogP contribution in [0.1, 0.15) is 30.5 Å². The Morgan fingerprint density at radius 1 is 1.25 bits per heavy atom. The number of amides is 1. The Morgan fingerprint density at radius 3 is 2.40 bits per heavy atom. The van der Waals surface area contributed by atoms with Gasteiger partial charge in [0, 0.05) is 16.1 Å². The zero-order valence-corrected chi connectivity index (χ0v) is 11.7. The topological polar surface area (TPSA) is 95.4 Å². The minimum absolute atomic E-state index is 0.134. The highest BCUT2D eigenvalue weighted by atomic mass is 32.1. The van der Waals surface area contributed by atoms with Crippen LogP contribution in [0.15, 0.2) is 30.3 Å². The molecular formula is C14H14N2O3S. The van der Waals surface area contributed by atoms with E-state index < -0.39 is 11.9 Å². The van der Waals surface area contributed by atoms with E-state index >= 15 is 0 Å². The van der Waals surface area contributed by atoms with E-state index in [-0.39, 0.29) is 6.61 Å². The van der Waals surface area contributed by atoms with Crippen molar-refractivity contribution in [2.75, 3.05) is 5.73 Å². The number of hydrogen-bond acceptors (Lipinski definition) is 5. The van der Waals surface area contributed by atoms with Gasteiger partial charge in [0.1, 0.15) is 11.5 Å². The van der Waals surface area contributed by atoms with Crippen molar-refractivity contribution in [3.63, 3.8) is 0 Å². The third-order valence-electron chi connectivity index (χ3n) is 2.77. The number of nitrogens with two attached hydrogens (primary N) is 2. The molecule has 0 aliphatic heterocycles. The lowest BCUT2D eigenvalue weighted by Crippen LogP contribution is -2.10. The van der Waals surface area contributed by atoms with Gasteiger partial charge in [0.15, 0.2) is 0 Å². The molecular weight excluding hydrogens is 276 g/mol. The number of esters is 1. The maximum atomic E-state index is 11.8. The van der Waals surface area contributed by atoms with Gasteiger partial charge < -0.3 is 16.2 Å². The summed E-state index contributed by atoms with van der Waals surface area (Å²) in [7, 11) is 0. The van der Waals surface area contributed by atoms with Crippen LogP contribution in [0.5, 0.6) is 0 Å². The Balaban J connectivity index is 1.98. The summed E-state index contributed by atoms with van der Waals surface area (Å²) in [6.45, 7) is 1.98. The number of primary amides is 1. The molecule has 20 heavy (non-hydrogen) atoms. The van der Waals surface area contributed by atoms with Gasteiger partial charge in [-0.05, 0) is 30.7 Å². The molecule has 0 fully saturated rings. The monoisotopic (exact) mass is 290 g/mol. The first-order valence-corrected chi connectivity index (χ1v) is 6.71. The number of carbonyl (C=O) groups excluding carboxylic acids is 2. The SMILES string of the molecule is Cc1sc(C(=O)OCc2ccc(C(N)=O)cc2)cc1N. The molecule has 1 aromatic carbocycles. The van der Waals surface area contributed by atoms with E-state index in [4.69, 9.17) is 16.2 Å². The molecule has 0 spiro atoms. The van der Waals surface area contributed by atoms with Crippen LogP contribution in [0.2, 0.25) is 0 Å². The number of anilines is 1. The van der Waals surface area contributed by atoms with E-state index in [9.17, 15) is 9.59 Å². The molecule has 2 aromatic rings. The highest BCUT2D eigenvalue weighted by Gasteiger charge is 2.12. The van der Waals surface area contributed by atoms with Crippen molar-refractivity contribution < 1.29 is 14.3 Å². The lowest BCUT2D eigenvalue weighted by Gasteiger charge is -2.04. The predicted molar refractivity (Wildman–Crippen MR) is 77.5 cm³/mol. The first-order chi connectivity index (χ1) is 9.47. The summed E-state index contributed by atoms with van der Waals surface area (Å²) in [6.07, 6.45) is 0. The lowest BCUT2D eigenvalue weighted by molar-refractivity contribution is 0.0478. The van der Waals surface area contributed by atoms with E-state index in [1.165, 1.54) is 11.3 Å². The van der Waals surface area contributed by atoms with E-state index in [0.717, 1.165) is 10.4 Å². The molecule has 0 saturated carbocycles. The van der Waals surface area contributed by atoms with E-state index in [1.807, 2.05) is 6.92 Å². The van der Waals surface area contributed by atoms with Crippen molar-refractivity contribution in [1.82, 2.24) is 0 Å². The maximum absolute atomic E-state index is 11.8. The highest BCUT2D eigenvalue weighted by Crippen LogP contribution is 2.24. The largest absolute Gasteiger partial charge is 0.457 e. The fourth-order valence-electron chi connectivity index (χ4n) is 1.58. The van der Waals surface area contributed by atoms with Crippen molar-refractivity contribution in [1.29, 1.82) is 0 Å². The van der Waals surface area contributed by atoms with Crippen LogP contribution >= 0.6 is 11.3 Å². The molecule has 104 valence electrons. The quantitative estimate of drug-likeness (QED) is 0.843. The Labute approximate surface area is 120 Å². The number of benzene rings is 1. The van der Waals surface area contributed by atoms with Gasteiger partial charge in [0.25, 0.3) is 0 Å². The second kappa shape index (κ2) is 5.75. The smallest absolute Gasteiger partial charge is 0.348 e. The average molecular weight is 290 g/mol. The third kappa shape index (κ3) is 3.16. The molecule has 1 aromatic heterocycles. The number of hydrogen-bond donors (Lipinski definition) is 2.